The number of guanidine groups is 1. The van der Waals surface area contributed by atoms with Crippen molar-refractivity contribution in [2.45, 2.75) is 26.3 Å². The quantitative estimate of drug-likeness (QED) is 0.152. The summed E-state index contributed by atoms with van der Waals surface area (Å²) in [6.07, 6.45) is 4.02. The van der Waals surface area contributed by atoms with Gasteiger partial charge in [0, 0.05) is 45.1 Å². The van der Waals surface area contributed by atoms with E-state index < -0.39 is 4.92 Å². The van der Waals surface area contributed by atoms with Crippen molar-refractivity contribution in [2.75, 3.05) is 32.7 Å². The summed E-state index contributed by atoms with van der Waals surface area (Å²) in [6, 6.07) is 10.2. The van der Waals surface area contributed by atoms with Crippen LogP contribution in [0.3, 0.4) is 0 Å². The molecule has 32 heavy (non-hydrogen) atoms. The van der Waals surface area contributed by atoms with Crippen molar-refractivity contribution in [3.05, 3.63) is 58.4 Å². The van der Waals surface area contributed by atoms with Crippen LogP contribution in [0.4, 0.5) is 5.69 Å². The van der Waals surface area contributed by atoms with Crippen LogP contribution in [-0.2, 0) is 17.8 Å². The van der Waals surface area contributed by atoms with Gasteiger partial charge in [0.2, 0.25) is 5.91 Å². The maximum Gasteiger partial charge on any atom is 0.306 e. The molecule has 11 heteroatoms. The fourth-order valence-corrected chi connectivity index (χ4v) is 3.52. The van der Waals surface area contributed by atoms with Crippen LogP contribution in [-0.4, -0.2) is 64.2 Å². The first-order valence-electron chi connectivity index (χ1n) is 10.6. The van der Waals surface area contributed by atoms with E-state index in [2.05, 4.69) is 32.9 Å². The Labute approximate surface area is 204 Å². The first kappa shape index (κ1) is 25.6. The summed E-state index contributed by atoms with van der Waals surface area (Å²) >= 11 is 0. The number of nitro groups is 1. The average molecular weight is 555 g/mol. The standard InChI is InChI=1S/C21H29N7O3.HI/c1-2-22-21(23-9-11-27-16-19(14-25-27)28(30)31)24-13-18-12-20(29)26(15-18)10-8-17-6-4-3-5-7-17;/h3-7,14,16,18H,2,8-13,15H2,1H3,(H2,22,23,24);1H. The third-order valence-corrected chi connectivity index (χ3v) is 5.12. The lowest BCUT2D eigenvalue weighted by Crippen LogP contribution is -2.39. The number of benzene rings is 1. The van der Waals surface area contributed by atoms with Gasteiger partial charge in [0.1, 0.15) is 12.4 Å². The van der Waals surface area contributed by atoms with E-state index in [-0.39, 0.29) is 41.5 Å². The van der Waals surface area contributed by atoms with E-state index in [1.807, 2.05) is 30.0 Å². The maximum atomic E-state index is 12.3. The molecule has 2 aromatic rings. The van der Waals surface area contributed by atoms with Gasteiger partial charge in [-0.05, 0) is 18.9 Å². The second-order valence-electron chi connectivity index (χ2n) is 7.51. The number of halogens is 1. The van der Waals surface area contributed by atoms with Gasteiger partial charge < -0.3 is 15.5 Å². The Morgan fingerprint density at radius 2 is 2.06 bits per heavy atom. The first-order valence-corrected chi connectivity index (χ1v) is 10.6. The first-order chi connectivity index (χ1) is 15.0. The molecule has 1 fully saturated rings. The molecule has 1 saturated heterocycles. The lowest BCUT2D eigenvalue weighted by Gasteiger charge is -2.16. The highest BCUT2D eigenvalue weighted by Gasteiger charge is 2.29. The Balaban J connectivity index is 0.00000363. The largest absolute Gasteiger partial charge is 0.357 e. The Morgan fingerprint density at radius 3 is 2.75 bits per heavy atom. The summed E-state index contributed by atoms with van der Waals surface area (Å²) in [7, 11) is 0. The van der Waals surface area contributed by atoms with Crippen LogP contribution in [0.2, 0.25) is 0 Å². The van der Waals surface area contributed by atoms with Crippen LogP contribution >= 0.6 is 24.0 Å². The number of hydrogen-bond donors (Lipinski definition) is 2. The van der Waals surface area contributed by atoms with Crippen LogP contribution in [0.5, 0.6) is 0 Å². The molecule has 174 valence electrons. The molecular formula is C21H30IN7O3. The molecule has 1 atom stereocenters. The van der Waals surface area contributed by atoms with Gasteiger partial charge in [-0.25, -0.2) is 0 Å². The third-order valence-electron chi connectivity index (χ3n) is 5.12. The molecule has 3 rings (SSSR count). The molecule has 2 heterocycles. The zero-order chi connectivity index (χ0) is 22.1. The fraction of sp³-hybridized carbons (Fsp3) is 0.476. The molecule has 1 aliphatic heterocycles. The minimum absolute atomic E-state index is 0. The van der Waals surface area contributed by atoms with E-state index in [1.165, 1.54) is 22.6 Å². The normalized spacial score (nSPS) is 16.0. The summed E-state index contributed by atoms with van der Waals surface area (Å²) in [5, 5.41) is 21.1. The molecule has 1 unspecified atom stereocenters. The SMILES string of the molecule is CCNC(=NCC1CC(=O)N(CCc2ccccc2)C1)NCCn1cc([N+](=O)[O-])cn1.I. The highest BCUT2D eigenvalue weighted by molar-refractivity contribution is 14.0. The molecule has 0 spiro atoms. The van der Waals surface area contributed by atoms with E-state index in [0.717, 1.165) is 19.5 Å². The van der Waals surface area contributed by atoms with Crippen molar-refractivity contribution in [3.63, 3.8) is 0 Å². The molecule has 1 aliphatic rings. The number of carbonyl (C=O) groups is 1. The van der Waals surface area contributed by atoms with Gasteiger partial charge in [-0.3, -0.25) is 24.6 Å². The molecule has 0 aliphatic carbocycles. The van der Waals surface area contributed by atoms with Gasteiger partial charge in [0.25, 0.3) is 0 Å². The summed E-state index contributed by atoms with van der Waals surface area (Å²) in [5.41, 5.74) is 1.21. The van der Waals surface area contributed by atoms with Crippen molar-refractivity contribution in [3.8, 4) is 0 Å². The third kappa shape index (κ3) is 7.77. The van der Waals surface area contributed by atoms with Crippen molar-refractivity contribution in [1.82, 2.24) is 25.3 Å². The second-order valence-corrected chi connectivity index (χ2v) is 7.51. The van der Waals surface area contributed by atoms with Gasteiger partial charge in [-0.15, -0.1) is 24.0 Å². The molecule has 1 aromatic carbocycles. The van der Waals surface area contributed by atoms with E-state index in [1.54, 1.807) is 0 Å². The van der Waals surface area contributed by atoms with Crippen molar-refractivity contribution < 1.29 is 9.72 Å². The van der Waals surface area contributed by atoms with E-state index in [4.69, 9.17) is 0 Å². The van der Waals surface area contributed by atoms with Gasteiger partial charge in [-0.2, -0.15) is 5.10 Å². The number of amides is 1. The number of carbonyl (C=O) groups excluding carboxylic acids is 1. The number of likely N-dealkylation sites (tertiary alicyclic amines) is 1. The van der Waals surface area contributed by atoms with Crippen LogP contribution in [0.1, 0.15) is 18.9 Å². The van der Waals surface area contributed by atoms with Crippen LogP contribution in [0.25, 0.3) is 0 Å². The lowest BCUT2D eigenvalue weighted by molar-refractivity contribution is -0.385. The lowest BCUT2D eigenvalue weighted by atomic mass is 10.1. The Hall–Kier alpha value is -2.70. The molecule has 0 radical (unpaired) electrons. The highest BCUT2D eigenvalue weighted by Crippen LogP contribution is 2.18. The number of aliphatic imine (C=N–C) groups is 1. The number of nitrogens with zero attached hydrogens (tertiary/aromatic N) is 5. The average Bonchev–Trinajstić information content (AvgIpc) is 3.38. The number of rotatable bonds is 10. The maximum absolute atomic E-state index is 12.3. The van der Waals surface area contributed by atoms with Gasteiger partial charge in [-0.1, -0.05) is 30.3 Å². The molecule has 1 aromatic heterocycles. The number of hydrogen-bond acceptors (Lipinski definition) is 5. The zero-order valence-electron chi connectivity index (χ0n) is 18.1. The van der Waals surface area contributed by atoms with Crippen LogP contribution in [0.15, 0.2) is 47.7 Å². The Bertz CT molecular complexity index is 904. The van der Waals surface area contributed by atoms with Crippen LogP contribution in [0, 0.1) is 16.0 Å². The molecule has 0 saturated carbocycles. The Kier molecular flexibility index (Phi) is 10.4. The molecule has 1 amide bonds. The van der Waals surface area contributed by atoms with Crippen molar-refractivity contribution >= 4 is 41.5 Å². The predicted octanol–water partition coefficient (Wildman–Crippen LogP) is 2.06. The summed E-state index contributed by atoms with van der Waals surface area (Å²) < 4.78 is 1.52. The number of nitrogens with one attached hydrogen (secondary N) is 2. The summed E-state index contributed by atoms with van der Waals surface area (Å²) in [4.78, 5) is 29.2. The highest BCUT2D eigenvalue weighted by atomic mass is 127. The predicted molar refractivity (Wildman–Crippen MR) is 133 cm³/mol. The topological polar surface area (TPSA) is 118 Å². The smallest absolute Gasteiger partial charge is 0.306 e. The van der Waals surface area contributed by atoms with E-state index >= 15 is 0 Å². The van der Waals surface area contributed by atoms with Crippen molar-refractivity contribution in [2.24, 2.45) is 10.9 Å². The summed E-state index contributed by atoms with van der Waals surface area (Å²) in [5.74, 6) is 1.06. The zero-order valence-corrected chi connectivity index (χ0v) is 20.5. The molecule has 2 N–H and O–H groups in total. The second kappa shape index (κ2) is 13.0. The van der Waals surface area contributed by atoms with Gasteiger partial charge >= 0.3 is 5.69 Å². The van der Waals surface area contributed by atoms with Crippen molar-refractivity contribution in [1.29, 1.82) is 0 Å². The van der Waals surface area contributed by atoms with Crippen LogP contribution < -0.4 is 10.6 Å². The van der Waals surface area contributed by atoms with Gasteiger partial charge in [0.05, 0.1) is 11.5 Å². The molecule has 10 nitrogen and oxygen atoms in total. The van der Waals surface area contributed by atoms with E-state index in [9.17, 15) is 14.9 Å². The molecule has 0 bridgehead atoms. The van der Waals surface area contributed by atoms with E-state index in [0.29, 0.717) is 38.6 Å². The monoisotopic (exact) mass is 555 g/mol. The summed E-state index contributed by atoms with van der Waals surface area (Å²) in [6.45, 7) is 5.73. The molecular weight excluding hydrogens is 525 g/mol. The number of aromatic nitrogens is 2. The Morgan fingerprint density at radius 1 is 1.28 bits per heavy atom. The minimum atomic E-state index is -0.464. The van der Waals surface area contributed by atoms with Gasteiger partial charge in [0.15, 0.2) is 5.96 Å². The fourth-order valence-electron chi connectivity index (χ4n) is 3.52. The minimum Gasteiger partial charge on any atom is -0.357 e.